The highest BCUT2D eigenvalue weighted by atomic mass is 16.6. The fourth-order valence-electron chi connectivity index (χ4n) is 4.70. The third-order valence-electron chi connectivity index (χ3n) is 6.33. The van der Waals surface area contributed by atoms with Gasteiger partial charge in [0, 0.05) is 6.04 Å². The minimum Gasteiger partial charge on any atom is -0.478 e. The molecule has 2 aliphatic rings. The van der Waals surface area contributed by atoms with Crippen LogP contribution in [0.1, 0.15) is 46.4 Å². The van der Waals surface area contributed by atoms with E-state index in [4.69, 9.17) is 9.47 Å². The summed E-state index contributed by atoms with van der Waals surface area (Å²) < 4.78 is 10.5. The molecule has 2 fully saturated rings. The summed E-state index contributed by atoms with van der Waals surface area (Å²) in [5.41, 5.74) is 0.263. The van der Waals surface area contributed by atoms with Crippen molar-refractivity contribution >= 4 is 23.8 Å². The summed E-state index contributed by atoms with van der Waals surface area (Å²) >= 11 is 0. The molecule has 0 aliphatic heterocycles. The van der Waals surface area contributed by atoms with Crippen molar-refractivity contribution in [3.63, 3.8) is 0 Å². The number of nitrogens with one attached hydrogen (secondary N) is 1. The molecular formula is C25H25NO7. The molecule has 0 saturated heterocycles. The normalized spacial score (nSPS) is 22.7. The van der Waals surface area contributed by atoms with Crippen LogP contribution in [0.5, 0.6) is 0 Å². The number of rotatable bonds is 8. The van der Waals surface area contributed by atoms with Gasteiger partial charge >= 0.3 is 17.9 Å². The van der Waals surface area contributed by atoms with Crippen molar-refractivity contribution < 1.29 is 33.8 Å². The van der Waals surface area contributed by atoms with Crippen LogP contribution in [0.2, 0.25) is 0 Å². The van der Waals surface area contributed by atoms with Crippen molar-refractivity contribution in [2.24, 2.45) is 11.8 Å². The molecule has 0 aromatic heterocycles. The molecule has 2 aromatic rings. The van der Waals surface area contributed by atoms with Crippen molar-refractivity contribution in [3.05, 3.63) is 71.8 Å². The summed E-state index contributed by atoms with van der Waals surface area (Å²) in [6.07, 6.45) is 0.0823. The Morgan fingerprint density at radius 2 is 1.33 bits per heavy atom. The number of ether oxygens (including phenoxy) is 2. The Kier molecular flexibility index (Phi) is 6.72. The molecule has 1 amide bonds. The highest BCUT2D eigenvalue weighted by Gasteiger charge is 2.45. The van der Waals surface area contributed by atoms with E-state index in [9.17, 15) is 24.3 Å². The average Bonchev–Trinajstić information content (AvgIpc) is 3.45. The fraction of sp³-hybridized carbons (Fsp3) is 0.360. The predicted octanol–water partition coefficient (Wildman–Crippen LogP) is 2.83. The van der Waals surface area contributed by atoms with Crippen LogP contribution in [0.15, 0.2) is 60.7 Å². The number of hydrogen-bond acceptors (Lipinski definition) is 6. The van der Waals surface area contributed by atoms with Crippen LogP contribution >= 0.6 is 0 Å². The second kappa shape index (κ2) is 9.85. The lowest BCUT2D eigenvalue weighted by Gasteiger charge is -2.28. The van der Waals surface area contributed by atoms with Crippen molar-refractivity contribution in [3.8, 4) is 0 Å². The molecule has 8 heteroatoms. The van der Waals surface area contributed by atoms with E-state index in [2.05, 4.69) is 5.32 Å². The van der Waals surface area contributed by atoms with Gasteiger partial charge in [0.2, 0.25) is 12.2 Å². The van der Waals surface area contributed by atoms with Gasteiger partial charge in [-0.2, -0.15) is 0 Å². The molecule has 0 radical (unpaired) electrons. The number of carboxylic acids is 1. The van der Waals surface area contributed by atoms with Gasteiger partial charge < -0.3 is 19.9 Å². The van der Waals surface area contributed by atoms with Crippen LogP contribution in [0.3, 0.4) is 0 Å². The zero-order valence-electron chi connectivity index (χ0n) is 17.9. The molecular weight excluding hydrogens is 426 g/mol. The summed E-state index contributed by atoms with van der Waals surface area (Å²) in [6, 6.07) is 15.6. The Bertz CT molecular complexity index is 1020. The largest absolute Gasteiger partial charge is 0.478 e. The molecule has 5 atom stereocenters. The van der Waals surface area contributed by atoms with Crippen LogP contribution in [-0.4, -0.2) is 47.2 Å². The predicted molar refractivity (Wildman–Crippen MR) is 116 cm³/mol. The second-order valence-corrected chi connectivity index (χ2v) is 8.51. The SMILES string of the molecule is O=C(O[C@H](C(=O)O)[C@@H](OC(=O)c1ccccc1)C(=O)N[C@@H]1C[C@H]2CC[C@H]1C2)c1ccccc1. The Hall–Kier alpha value is -3.68. The first-order valence-electron chi connectivity index (χ1n) is 11.0. The number of aliphatic carboxylic acids is 1. The number of amides is 1. The maximum absolute atomic E-state index is 13.2. The fourth-order valence-corrected chi connectivity index (χ4v) is 4.70. The van der Waals surface area contributed by atoms with Gasteiger partial charge in [0.25, 0.3) is 5.91 Å². The Morgan fingerprint density at radius 1 is 0.788 bits per heavy atom. The zero-order valence-corrected chi connectivity index (χ0v) is 17.9. The third kappa shape index (κ3) is 5.22. The maximum Gasteiger partial charge on any atom is 0.349 e. The summed E-state index contributed by atoms with van der Waals surface area (Å²) in [4.78, 5) is 50.4. The van der Waals surface area contributed by atoms with Gasteiger partial charge in [-0.15, -0.1) is 0 Å². The van der Waals surface area contributed by atoms with Crippen molar-refractivity contribution in [1.29, 1.82) is 0 Å². The van der Waals surface area contributed by atoms with Gasteiger partial charge in [-0.25, -0.2) is 14.4 Å². The number of carbonyl (C=O) groups excluding carboxylic acids is 3. The third-order valence-corrected chi connectivity index (χ3v) is 6.33. The first-order chi connectivity index (χ1) is 15.9. The van der Waals surface area contributed by atoms with Crippen LogP contribution < -0.4 is 5.32 Å². The molecule has 4 rings (SSSR count). The molecule has 8 nitrogen and oxygen atoms in total. The van der Waals surface area contributed by atoms with E-state index in [1.54, 1.807) is 36.4 Å². The van der Waals surface area contributed by atoms with Crippen molar-refractivity contribution in [2.45, 2.75) is 43.9 Å². The van der Waals surface area contributed by atoms with Crippen molar-refractivity contribution in [1.82, 2.24) is 5.32 Å². The molecule has 0 unspecified atom stereocenters. The van der Waals surface area contributed by atoms with Crippen molar-refractivity contribution in [2.75, 3.05) is 0 Å². The molecule has 2 bridgehead atoms. The van der Waals surface area contributed by atoms with Crippen LogP contribution in [-0.2, 0) is 19.1 Å². The lowest BCUT2D eigenvalue weighted by atomic mass is 9.95. The van der Waals surface area contributed by atoms with Gasteiger partial charge in [0.05, 0.1) is 11.1 Å². The quantitative estimate of drug-likeness (QED) is 0.593. The van der Waals surface area contributed by atoms with Gasteiger partial charge in [-0.3, -0.25) is 4.79 Å². The lowest BCUT2D eigenvalue weighted by molar-refractivity contribution is -0.159. The number of esters is 2. The standard InChI is InChI=1S/C25H25NO7/c27-22(26-19-14-15-11-12-18(19)13-15)20(32-24(30)16-7-3-1-4-8-16)21(23(28)29)33-25(31)17-9-5-2-6-10-17/h1-10,15,18-21H,11-14H2,(H,26,27)(H,28,29)/t15-,18-,19+,20+,21-/m0/s1. The molecule has 2 aromatic carbocycles. The van der Waals surface area contributed by atoms with E-state index < -0.39 is 36.0 Å². The number of carboxylic acid groups (broad SMARTS) is 1. The zero-order chi connectivity index (χ0) is 23.4. The summed E-state index contributed by atoms with van der Waals surface area (Å²) in [6.45, 7) is 0. The van der Waals surface area contributed by atoms with E-state index in [0.29, 0.717) is 11.8 Å². The molecule has 172 valence electrons. The Labute approximate surface area is 190 Å². The number of benzene rings is 2. The average molecular weight is 451 g/mol. The first kappa shape index (κ1) is 22.5. The van der Waals surface area contributed by atoms with Crippen LogP contribution in [0.4, 0.5) is 0 Å². The Balaban J connectivity index is 1.56. The molecule has 2 N–H and O–H groups in total. The van der Waals surface area contributed by atoms with Crippen LogP contribution in [0, 0.1) is 11.8 Å². The number of carbonyl (C=O) groups is 4. The topological polar surface area (TPSA) is 119 Å². The van der Waals surface area contributed by atoms with E-state index in [1.165, 1.54) is 24.3 Å². The second-order valence-electron chi connectivity index (χ2n) is 8.51. The highest BCUT2D eigenvalue weighted by Crippen LogP contribution is 2.44. The number of fused-ring (bicyclic) bond motifs is 2. The van der Waals surface area contributed by atoms with E-state index in [1.807, 2.05) is 0 Å². The molecule has 2 saturated carbocycles. The monoisotopic (exact) mass is 451 g/mol. The lowest BCUT2D eigenvalue weighted by Crippen LogP contribution is -2.53. The summed E-state index contributed by atoms with van der Waals surface area (Å²) in [5, 5.41) is 12.6. The number of hydrogen-bond donors (Lipinski definition) is 2. The van der Waals surface area contributed by atoms with E-state index in [0.717, 1.165) is 25.7 Å². The first-order valence-corrected chi connectivity index (χ1v) is 11.0. The molecule has 33 heavy (non-hydrogen) atoms. The van der Waals surface area contributed by atoms with Gasteiger partial charge in [-0.05, 0) is 55.4 Å². The molecule has 2 aliphatic carbocycles. The minimum atomic E-state index is -2.01. The molecule has 0 heterocycles. The maximum atomic E-state index is 13.2. The summed E-state index contributed by atoms with van der Waals surface area (Å²) in [5.74, 6) is -3.34. The van der Waals surface area contributed by atoms with Gasteiger partial charge in [-0.1, -0.05) is 42.8 Å². The van der Waals surface area contributed by atoms with E-state index >= 15 is 0 Å². The van der Waals surface area contributed by atoms with Crippen LogP contribution in [0.25, 0.3) is 0 Å². The van der Waals surface area contributed by atoms with E-state index in [-0.39, 0.29) is 17.2 Å². The van der Waals surface area contributed by atoms with Gasteiger partial charge in [0.1, 0.15) is 0 Å². The smallest absolute Gasteiger partial charge is 0.349 e. The summed E-state index contributed by atoms with van der Waals surface area (Å²) in [7, 11) is 0. The minimum absolute atomic E-state index is 0.116. The highest BCUT2D eigenvalue weighted by molar-refractivity contribution is 5.96. The molecule has 0 spiro atoms. The Morgan fingerprint density at radius 3 is 1.79 bits per heavy atom. The van der Waals surface area contributed by atoms with Gasteiger partial charge in [0.15, 0.2) is 0 Å².